The first-order valence-electron chi connectivity index (χ1n) is 6.78. The van der Waals surface area contributed by atoms with Gasteiger partial charge in [-0.2, -0.15) is 0 Å². The van der Waals surface area contributed by atoms with Gasteiger partial charge in [-0.3, -0.25) is 0 Å². The minimum absolute atomic E-state index is 0.783. The average molecular weight is 275 g/mol. The van der Waals surface area contributed by atoms with E-state index in [0.717, 1.165) is 34.4 Å². The number of hydrogen-bond donors (Lipinski definition) is 1. The van der Waals surface area contributed by atoms with E-state index in [1.54, 1.807) is 0 Å². The van der Waals surface area contributed by atoms with Gasteiger partial charge in [-0.25, -0.2) is 0 Å². The number of anilines is 2. The lowest BCUT2D eigenvalue weighted by Gasteiger charge is -2.09. The molecular weight excluding hydrogens is 262 g/mol. The Labute approximate surface area is 122 Å². The normalized spacial score (nSPS) is 12.0. The van der Waals surface area contributed by atoms with Crippen molar-refractivity contribution < 1.29 is 9.47 Å². The van der Waals surface area contributed by atoms with Gasteiger partial charge in [-0.05, 0) is 48.5 Å². The minimum atomic E-state index is 0.783. The van der Waals surface area contributed by atoms with Gasteiger partial charge in [0.15, 0.2) is 0 Å². The van der Waals surface area contributed by atoms with Gasteiger partial charge in [-0.1, -0.05) is 12.1 Å². The van der Waals surface area contributed by atoms with Crippen molar-refractivity contribution in [1.29, 1.82) is 0 Å². The summed E-state index contributed by atoms with van der Waals surface area (Å²) in [6, 6.07) is 23.3. The van der Waals surface area contributed by atoms with Crippen LogP contribution in [0.25, 0.3) is 0 Å². The summed E-state index contributed by atoms with van der Waals surface area (Å²) in [4.78, 5) is 0. The maximum atomic E-state index is 5.85. The first kappa shape index (κ1) is 11.9. The highest BCUT2D eigenvalue weighted by molar-refractivity contribution is 5.63. The van der Waals surface area contributed by atoms with E-state index in [1.807, 2.05) is 72.8 Å². The molecule has 21 heavy (non-hydrogen) atoms. The molecule has 0 aromatic heterocycles. The van der Waals surface area contributed by atoms with E-state index in [1.165, 1.54) is 0 Å². The Morgan fingerprint density at radius 1 is 0.524 bits per heavy atom. The van der Waals surface area contributed by atoms with Crippen LogP contribution in [0.2, 0.25) is 0 Å². The second-order valence-electron chi connectivity index (χ2n) is 4.86. The summed E-state index contributed by atoms with van der Waals surface area (Å²) in [5.41, 5.74) is 1.94. The molecule has 3 heteroatoms. The smallest absolute Gasteiger partial charge is 0.129 e. The number of nitrogens with one attached hydrogen (secondary N) is 1. The summed E-state index contributed by atoms with van der Waals surface area (Å²) in [5.74, 6) is 3.16. The van der Waals surface area contributed by atoms with E-state index in [0.29, 0.717) is 0 Å². The molecule has 0 saturated heterocycles. The van der Waals surface area contributed by atoms with Crippen molar-refractivity contribution in [3.05, 3.63) is 72.8 Å². The second-order valence-corrected chi connectivity index (χ2v) is 4.86. The van der Waals surface area contributed by atoms with Crippen molar-refractivity contribution in [2.45, 2.75) is 0 Å². The number of hydrogen-bond acceptors (Lipinski definition) is 3. The van der Waals surface area contributed by atoms with Gasteiger partial charge in [0.25, 0.3) is 0 Å². The van der Waals surface area contributed by atoms with Crippen LogP contribution in [0.1, 0.15) is 0 Å². The number of fused-ring (bicyclic) bond motifs is 2. The molecule has 0 unspecified atom stereocenters. The molecule has 3 aromatic carbocycles. The molecule has 3 nitrogen and oxygen atoms in total. The van der Waals surface area contributed by atoms with Gasteiger partial charge in [0.05, 0.1) is 0 Å². The lowest BCUT2D eigenvalue weighted by atomic mass is 10.2. The van der Waals surface area contributed by atoms with Crippen LogP contribution in [-0.2, 0) is 0 Å². The van der Waals surface area contributed by atoms with Gasteiger partial charge in [0, 0.05) is 23.5 Å². The predicted molar refractivity (Wildman–Crippen MR) is 82.8 cm³/mol. The molecule has 6 bridgehead atoms. The Hall–Kier alpha value is -2.94. The predicted octanol–water partition coefficient (Wildman–Crippen LogP) is 5.33. The van der Waals surface area contributed by atoms with Gasteiger partial charge in [0.1, 0.15) is 23.0 Å². The van der Waals surface area contributed by atoms with Crippen molar-refractivity contribution in [3.8, 4) is 23.0 Å². The fraction of sp³-hybridized carbons (Fsp3) is 0. The van der Waals surface area contributed by atoms with Gasteiger partial charge in [0.2, 0.25) is 0 Å². The SMILES string of the molecule is c1cc2cc(c1)Oc1ccc(cc1)Oc1cccc(c1)N2. The monoisotopic (exact) mass is 275 g/mol. The van der Waals surface area contributed by atoms with Crippen molar-refractivity contribution in [2.75, 3.05) is 5.32 Å². The third kappa shape index (κ3) is 2.54. The zero-order chi connectivity index (χ0) is 14.1. The van der Waals surface area contributed by atoms with Crippen molar-refractivity contribution >= 4 is 11.4 Å². The van der Waals surface area contributed by atoms with E-state index in [9.17, 15) is 0 Å². The number of rotatable bonds is 0. The first-order chi connectivity index (χ1) is 10.3. The number of benzene rings is 3. The topological polar surface area (TPSA) is 30.5 Å². The Morgan fingerprint density at radius 2 is 1.00 bits per heavy atom. The molecule has 0 atom stereocenters. The van der Waals surface area contributed by atoms with Crippen LogP contribution < -0.4 is 14.8 Å². The molecular formula is C18H13NO2. The highest BCUT2D eigenvalue weighted by Gasteiger charge is 2.05. The Morgan fingerprint density at radius 3 is 1.48 bits per heavy atom. The molecule has 0 aliphatic carbocycles. The Kier molecular flexibility index (Phi) is 2.75. The van der Waals surface area contributed by atoms with Gasteiger partial charge < -0.3 is 14.8 Å². The van der Waals surface area contributed by atoms with Crippen LogP contribution >= 0.6 is 0 Å². The van der Waals surface area contributed by atoms with Crippen LogP contribution in [-0.4, -0.2) is 0 Å². The molecule has 2 aliphatic rings. The summed E-state index contributed by atoms with van der Waals surface area (Å²) in [6.07, 6.45) is 0. The highest BCUT2D eigenvalue weighted by Crippen LogP contribution is 2.31. The van der Waals surface area contributed by atoms with E-state index >= 15 is 0 Å². The summed E-state index contributed by atoms with van der Waals surface area (Å²) < 4.78 is 11.7. The maximum Gasteiger partial charge on any atom is 0.129 e. The fourth-order valence-electron chi connectivity index (χ4n) is 2.29. The summed E-state index contributed by atoms with van der Waals surface area (Å²) >= 11 is 0. The molecule has 0 radical (unpaired) electrons. The molecule has 0 spiro atoms. The van der Waals surface area contributed by atoms with Gasteiger partial charge in [-0.15, -0.1) is 0 Å². The summed E-state index contributed by atoms with van der Waals surface area (Å²) in [7, 11) is 0. The fourth-order valence-corrected chi connectivity index (χ4v) is 2.29. The average Bonchev–Trinajstić information content (AvgIpc) is 2.50. The lowest BCUT2D eigenvalue weighted by Crippen LogP contribution is -1.91. The van der Waals surface area contributed by atoms with E-state index < -0.39 is 0 Å². The number of ether oxygens (including phenoxy) is 2. The highest BCUT2D eigenvalue weighted by atomic mass is 16.5. The van der Waals surface area contributed by atoms with Crippen molar-refractivity contribution in [1.82, 2.24) is 0 Å². The molecule has 3 aromatic rings. The third-order valence-corrected chi connectivity index (χ3v) is 3.25. The van der Waals surface area contributed by atoms with Crippen molar-refractivity contribution in [3.63, 3.8) is 0 Å². The van der Waals surface area contributed by atoms with E-state index in [2.05, 4.69) is 5.32 Å². The second kappa shape index (κ2) is 4.87. The van der Waals surface area contributed by atoms with Crippen LogP contribution in [0, 0.1) is 0 Å². The molecule has 102 valence electrons. The zero-order valence-corrected chi connectivity index (χ0v) is 11.2. The summed E-state index contributed by atoms with van der Waals surface area (Å²) in [5, 5.41) is 3.35. The Balaban J connectivity index is 1.85. The third-order valence-electron chi connectivity index (χ3n) is 3.25. The Bertz CT molecular complexity index is 715. The quantitative estimate of drug-likeness (QED) is 0.470. The molecule has 0 fully saturated rings. The molecule has 5 rings (SSSR count). The maximum absolute atomic E-state index is 5.85. The molecule has 0 saturated carbocycles. The molecule has 1 N–H and O–H groups in total. The minimum Gasteiger partial charge on any atom is -0.457 e. The lowest BCUT2D eigenvalue weighted by molar-refractivity contribution is 0.470. The standard InChI is InChI=1S/C18H13NO2/c1-3-13-11-17(5-1)20-15-7-9-16(10-8-15)21-18-6-2-4-14(12-18)19-13/h1-12,19H. The van der Waals surface area contributed by atoms with E-state index in [4.69, 9.17) is 9.47 Å². The zero-order valence-electron chi connectivity index (χ0n) is 11.2. The molecule has 2 heterocycles. The van der Waals surface area contributed by atoms with Crippen LogP contribution in [0.15, 0.2) is 72.8 Å². The molecule has 0 amide bonds. The van der Waals surface area contributed by atoms with E-state index in [-0.39, 0.29) is 0 Å². The first-order valence-corrected chi connectivity index (χ1v) is 6.78. The molecule has 2 aliphatic heterocycles. The van der Waals surface area contributed by atoms with Crippen LogP contribution in [0.3, 0.4) is 0 Å². The van der Waals surface area contributed by atoms with Crippen LogP contribution in [0.4, 0.5) is 11.4 Å². The van der Waals surface area contributed by atoms with Crippen LogP contribution in [0.5, 0.6) is 23.0 Å². The summed E-state index contributed by atoms with van der Waals surface area (Å²) in [6.45, 7) is 0. The van der Waals surface area contributed by atoms with Crippen molar-refractivity contribution in [2.24, 2.45) is 0 Å². The van der Waals surface area contributed by atoms with Gasteiger partial charge >= 0.3 is 0 Å². The largest absolute Gasteiger partial charge is 0.457 e.